The minimum atomic E-state index is -0.317. The van der Waals surface area contributed by atoms with Crippen LogP contribution in [-0.4, -0.2) is 72.7 Å². The molecule has 3 aliphatic rings. The van der Waals surface area contributed by atoms with Crippen molar-refractivity contribution in [2.24, 2.45) is 4.99 Å². The predicted octanol–water partition coefficient (Wildman–Crippen LogP) is 3.11. The molecule has 38 heavy (non-hydrogen) atoms. The van der Waals surface area contributed by atoms with Crippen molar-refractivity contribution in [3.8, 4) is 0 Å². The van der Waals surface area contributed by atoms with Gasteiger partial charge in [-0.15, -0.1) is 0 Å². The van der Waals surface area contributed by atoms with E-state index in [0.717, 1.165) is 29.6 Å². The summed E-state index contributed by atoms with van der Waals surface area (Å²) in [4.78, 5) is 46.6. The molecular formula is C29H32N6O3. The number of amides is 4. The standard InChI is InChI=1S/C29H32N6O3/c1-4-25(36)31-21-12-10-20(11-13-21)27(37)33-26-22-17-35(29(14-15-29)23(22)16-30-26)28(38)32-24(18-34(2)3)19-8-6-5-7-9-19/h4-13,24H,1,14-18H2,2-3H3,(H,31,36)(H,32,38)(H,30,33,37)/t24-/m1/s1. The van der Waals surface area contributed by atoms with E-state index in [2.05, 4.69) is 32.4 Å². The molecular weight excluding hydrogens is 480 g/mol. The molecule has 0 aromatic heterocycles. The summed E-state index contributed by atoms with van der Waals surface area (Å²) >= 11 is 0. The second-order valence-corrected chi connectivity index (χ2v) is 10.1. The average Bonchev–Trinajstić information content (AvgIpc) is 3.51. The van der Waals surface area contributed by atoms with Crippen molar-refractivity contribution in [2.45, 2.75) is 24.4 Å². The number of likely N-dealkylation sites (N-methyl/N-ethyl adjacent to an activating group) is 1. The third kappa shape index (κ3) is 4.97. The number of benzene rings is 2. The van der Waals surface area contributed by atoms with E-state index < -0.39 is 0 Å². The number of nitrogens with one attached hydrogen (secondary N) is 3. The van der Waals surface area contributed by atoms with Crippen LogP contribution >= 0.6 is 0 Å². The SMILES string of the molecule is C=CC(=O)Nc1ccc(C(=O)NC2=NCC3=C2CN(C(=O)N[C@H](CN(C)C)c2ccccc2)C32CC2)cc1. The second-order valence-electron chi connectivity index (χ2n) is 10.1. The zero-order chi connectivity index (χ0) is 26.9. The number of fused-ring (bicyclic) bond motifs is 1. The van der Waals surface area contributed by atoms with Gasteiger partial charge in [0.05, 0.1) is 24.7 Å². The van der Waals surface area contributed by atoms with Gasteiger partial charge in [0, 0.05) is 23.4 Å². The Labute approximate surface area is 222 Å². The Kier molecular flexibility index (Phi) is 6.86. The first-order valence-corrected chi connectivity index (χ1v) is 12.7. The van der Waals surface area contributed by atoms with E-state index >= 15 is 0 Å². The number of carbonyl (C=O) groups excluding carboxylic acids is 3. The summed E-state index contributed by atoms with van der Waals surface area (Å²) in [5.74, 6) is -0.0758. The number of hydrogen-bond donors (Lipinski definition) is 3. The van der Waals surface area contributed by atoms with Crippen molar-refractivity contribution >= 4 is 29.4 Å². The summed E-state index contributed by atoms with van der Waals surface area (Å²) < 4.78 is 0. The third-order valence-corrected chi connectivity index (χ3v) is 7.29. The number of rotatable bonds is 7. The predicted molar refractivity (Wildman–Crippen MR) is 147 cm³/mol. The van der Waals surface area contributed by atoms with Crippen LogP contribution in [0.4, 0.5) is 10.5 Å². The molecule has 5 rings (SSSR count). The van der Waals surface area contributed by atoms with Crippen LogP contribution < -0.4 is 16.0 Å². The highest BCUT2D eigenvalue weighted by Crippen LogP contribution is 2.54. The summed E-state index contributed by atoms with van der Waals surface area (Å²) in [5, 5.41) is 8.85. The third-order valence-electron chi connectivity index (χ3n) is 7.29. The fourth-order valence-electron chi connectivity index (χ4n) is 5.22. The van der Waals surface area contributed by atoms with Gasteiger partial charge in [0.25, 0.3) is 5.91 Å². The Morgan fingerprint density at radius 3 is 2.42 bits per heavy atom. The monoisotopic (exact) mass is 512 g/mol. The van der Waals surface area contributed by atoms with Crippen LogP contribution in [0.1, 0.15) is 34.8 Å². The summed E-state index contributed by atoms with van der Waals surface area (Å²) in [5.41, 5.74) is 3.84. The van der Waals surface area contributed by atoms with E-state index in [4.69, 9.17) is 0 Å². The number of amidine groups is 1. The quantitative estimate of drug-likeness (QED) is 0.496. The van der Waals surface area contributed by atoms with Gasteiger partial charge in [-0.05, 0) is 68.4 Å². The van der Waals surface area contributed by atoms with Gasteiger partial charge in [0.2, 0.25) is 5.91 Å². The van der Waals surface area contributed by atoms with Crippen LogP contribution in [0.15, 0.2) is 83.4 Å². The number of aliphatic imine (C=N–C) groups is 1. The van der Waals surface area contributed by atoms with Gasteiger partial charge in [-0.1, -0.05) is 36.9 Å². The fraction of sp³-hybridized carbons (Fsp3) is 0.310. The van der Waals surface area contributed by atoms with E-state index in [-0.39, 0.29) is 29.4 Å². The molecule has 1 saturated carbocycles. The molecule has 1 aliphatic carbocycles. The molecule has 0 saturated heterocycles. The molecule has 0 bridgehead atoms. The van der Waals surface area contributed by atoms with E-state index in [9.17, 15) is 14.4 Å². The summed E-state index contributed by atoms with van der Waals surface area (Å²) in [6.07, 6.45) is 2.99. The molecule has 9 heteroatoms. The first kappa shape index (κ1) is 25.4. The maximum atomic E-state index is 13.6. The van der Waals surface area contributed by atoms with Gasteiger partial charge in [0.1, 0.15) is 5.84 Å². The van der Waals surface area contributed by atoms with Crippen molar-refractivity contribution in [1.82, 2.24) is 20.4 Å². The zero-order valence-corrected chi connectivity index (χ0v) is 21.7. The molecule has 9 nitrogen and oxygen atoms in total. The molecule has 0 unspecified atom stereocenters. The summed E-state index contributed by atoms with van der Waals surface area (Å²) in [6.45, 7) is 5.02. The summed E-state index contributed by atoms with van der Waals surface area (Å²) in [6, 6.07) is 16.4. The van der Waals surface area contributed by atoms with Gasteiger partial charge in [-0.2, -0.15) is 0 Å². The van der Waals surface area contributed by atoms with E-state index in [1.165, 1.54) is 6.08 Å². The molecule has 1 atom stereocenters. The number of hydrogen-bond acceptors (Lipinski definition) is 5. The highest BCUT2D eigenvalue weighted by molar-refractivity contribution is 6.15. The number of anilines is 1. The van der Waals surface area contributed by atoms with E-state index in [0.29, 0.717) is 36.7 Å². The fourth-order valence-corrected chi connectivity index (χ4v) is 5.22. The Balaban J connectivity index is 1.26. The molecule has 3 N–H and O–H groups in total. The van der Waals surface area contributed by atoms with Crippen LogP contribution in [0.5, 0.6) is 0 Å². The van der Waals surface area contributed by atoms with Crippen molar-refractivity contribution in [3.05, 3.63) is 89.5 Å². The van der Waals surface area contributed by atoms with Crippen molar-refractivity contribution < 1.29 is 14.4 Å². The number of carbonyl (C=O) groups is 3. The normalized spacial score (nSPS) is 17.7. The average molecular weight is 513 g/mol. The van der Waals surface area contributed by atoms with Gasteiger partial charge in [-0.3, -0.25) is 14.6 Å². The molecule has 2 aromatic rings. The lowest BCUT2D eigenvalue weighted by Crippen LogP contribution is -2.49. The van der Waals surface area contributed by atoms with E-state index in [1.807, 2.05) is 49.3 Å². The van der Waals surface area contributed by atoms with Gasteiger partial charge >= 0.3 is 6.03 Å². The molecule has 1 fully saturated rings. The topological polar surface area (TPSA) is 106 Å². The molecule has 1 spiro atoms. The molecule has 196 valence electrons. The zero-order valence-electron chi connectivity index (χ0n) is 21.7. The lowest BCUT2D eigenvalue weighted by molar-refractivity contribution is -0.111. The van der Waals surface area contributed by atoms with E-state index in [1.54, 1.807) is 24.3 Å². The Morgan fingerprint density at radius 1 is 1.08 bits per heavy atom. The van der Waals surface area contributed by atoms with Crippen molar-refractivity contribution in [2.75, 3.05) is 39.0 Å². The van der Waals surface area contributed by atoms with Crippen LogP contribution in [0.2, 0.25) is 0 Å². The molecule has 2 aliphatic heterocycles. The highest BCUT2D eigenvalue weighted by Gasteiger charge is 2.59. The maximum Gasteiger partial charge on any atom is 0.318 e. The van der Waals surface area contributed by atoms with Gasteiger partial charge in [-0.25, -0.2) is 4.79 Å². The first-order chi connectivity index (χ1) is 18.3. The smallest absolute Gasteiger partial charge is 0.318 e. The van der Waals surface area contributed by atoms with Crippen molar-refractivity contribution in [3.63, 3.8) is 0 Å². The second kappa shape index (κ2) is 10.3. The minimum Gasteiger partial charge on any atom is -0.330 e. The maximum absolute atomic E-state index is 13.6. The Morgan fingerprint density at radius 2 is 1.79 bits per heavy atom. The molecule has 2 aromatic carbocycles. The Bertz CT molecular complexity index is 1330. The molecule has 2 heterocycles. The minimum absolute atomic E-state index is 0.101. The lowest BCUT2D eigenvalue weighted by Gasteiger charge is -2.31. The Hall–Kier alpha value is -4.24. The van der Waals surface area contributed by atoms with Crippen LogP contribution in [-0.2, 0) is 4.79 Å². The molecule has 4 amide bonds. The first-order valence-electron chi connectivity index (χ1n) is 12.7. The summed E-state index contributed by atoms with van der Waals surface area (Å²) in [7, 11) is 3.99. The van der Waals surface area contributed by atoms with Crippen LogP contribution in [0.3, 0.4) is 0 Å². The van der Waals surface area contributed by atoms with Crippen molar-refractivity contribution in [1.29, 1.82) is 0 Å². The van der Waals surface area contributed by atoms with Gasteiger partial charge < -0.3 is 25.8 Å². The lowest BCUT2D eigenvalue weighted by atomic mass is 10.0. The van der Waals surface area contributed by atoms with Gasteiger partial charge in [0.15, 0.2) is 0 Å². The molecule has 0 radical (unpaired) electrons. The van der Waals surface area contributed by atoms with Crippen LogP contribution in [0.25, 0.3) is 0 Å². The number of urea groups is 1. The largest absolute Gasteiger partial charge is 0.330 e. The highest BCUT2D eigenvalue weighted by atomic mass is 16.2. The van der Waals surface area contributed by atoms with Crippen LogP contribution in [0, 0.1) is 0 Å². The number of nitrogens with zero attached hydrogens (tertiary/aromatic N) is 3.